The largest absolute Gasteiger partial charge is 0.0776 e. The van der Waals surface area contributed by atoms with Crippen LogP contribution in [0.3, 0.4) is 0 Å². The van der Waals surface area contributed by atoms with E-state index in [0.29, 0.717) is 5.41 Å². The lowest BCUT2D eigenvalue weighted by Gasteiger charge is -2.22. The zero-order chi connectivity index (χ0) is 11.7. The number of hydrogen-bond acceptors (Lipinski definition) is 0. The average Bonchev–Trinajstić information content (AvgIpc) is 1.99. The molecule has 0 aliphatic carbocycles. The highest BCUT2D eigenvalue weighted by Gasteiger charge is 2.16. The number of rotatable bonds is 1. The third-order valence-electron chi connectivity index (χ3n) is 2.53. The molecule has 0 heterocycles. The van der Waals surface area contributed by atoms with Crippen LogP contribution in [0.25, 0.3) is 0 Å². The highest BCUT2D eigenvalue weighted by molar-refractivity contribution is 5.29. The van der Waals surface area contributed by atoms with E-state index in [2.05, 4.69) is 65.8 Å². The molecule has 1 aromatic carbocycles. The smallest absolute Gasteiger partial charge is 0.0132 e. The maximum Gasteiger partial charge on any atom is -0.0132 e. The van der Waals surface area contributed by atoms with Crippen molar-refractivity contribution in [3.8, 4) is 0 Å². The summed E-state index contributed by atoms with van der Waals surface area (Å²) in [6, 6.07) is 9.00. The molecule has 0 nitrogen and oxygen atoms in total. The first kappa shape index (κ1) is 15.2. The first-order valence-electron chi connectivity index (χ1n) is 5.78. The minimum atomic E-state index is 0. The Balaban J connectivity index is 0.00000225. The molecule has 1 rings (SSSR count). The van der Waals surface area contributed by atoms with Crippen LogP contribution in [0.1, 0.15) is 60.1 Å². The van der Waals surface area contributed by atoms with E-state index in [9.17, 15) is 0 Å². The van der Waals surface area contributed by atoms with E-state index in [0.717, 1.165) is 6.42 Å². The molecule has 0 saturated carbocycles. The van der Waals surface area contributed by atoms with Crippen molar-refractivity contribution in [2.45, 2.75) is 60.8 Å². The fraction of sp³-hybridized carbons (Fsp3) is 0.625. The van der Waals surface area contributed by atoms with E-state index in [1.54, 1.807) is 0 Å². The lowest BCUT2D eigenvalue weighted by atomic mass is 9.83. The zero-order valence-corrected chi connectivity index (χ0v) is 11.0. The highest BCUT2D eigenvalue weighted by atomic mass is 14.2. The van der Waals surface area contributed by atoms with Gasteiger partial charge < -0.3 is 0 Å². The van der Waals surface area contributed by atoms with Gasteiger partial charge in [-0.3, -0.25) is 0 Å². The van der Waals surface area contributed by atoms with Crippen molar-refractivity contribution in [1.82, 2.24) is 0 Å². The third kappa shape index (κ3) is 4.83. The molecular formula is C16H28. The minimum Gasteiger partial charge on any atom is -0.0776 e. The molecular weight excluding hydrogens is 192 g/mol. The maximum absolute atomic E-state index is 2.35. The monoisotopic (exact) mass is 220 g/mol. The summed E-state index contributed by atoms with van der Waals surface area (Å²) in [7, 11) is 0. The minimum absolute atomic E-state index is 0. The Morgan fingerprint density at radius 1 is 0.938 bits per heavy atom. The molecule has 0 atom stereocenters. The topological polar surface area (TPSA) is 0 Å². The van der Waals surface area contributed by atoms with Gasteiger partial charge in [-0.2, -0.15) is 0 Å². The Kier molecular flexibility index (Phi) is 4.79. The molecule has 1 aromatic rings. The highest BCUT2D eigenvalue weighted by Crippen LogP contribution is 2.26. The average molecular weight is 220 g/mol. The fourth-order valence-electron chi connectivity index (χ4n) is 1.76. The van der Waals surface area contributed by atoms with Gasteiger partial charge in [-0.15, -0.1) is 0 Å². The van der Waals surface area contributed by atoms with Crippen LogP contribution in [0.5, 0.6) is 0 Å². The Morgan fingerprint density at radius 3 is 1.94 bits per heavy atom. The maximum atomic E-state index is 2.35. The van der Waals surface area contributed by atoms with Crippen molar-refractivity contribution in [2.24, 2.45) is 5.41 Å². The Hall–Kier alpha value is -0.780. The van der Waals surface area contributed by atoms with Crippen LogP contribution in [0.4, 0.5) is 0 Å². The molecule has 0 spiro atoms. The van der Waals surface area contributed by atoms with Crippen LogP contribution in [0.15, 0.2) is 24.3 Å². The van der Waals surface area contributed by atoms with Crippen molar-refractivity contribution in [1.29, 1.82) is 0 Å². The summed E-state index contributed by atoms with van der Waals surface area (Å²) >= 11 is 0. The lowest BCUT2D eigenvalue weighted by Crippen LogP contribution is -2.13. The van der Waals surface area contributed by atoms with Crippen molar-refractivity contribution < 1.29 is 0 Å². The van der Waals surface area contributed by atoms with E-state index in [1.807, 2.05) is 0 Å². The molecule has 0 heteroatoms. The molecule has 0 bridgehead atoms. The molecule has 0 aliphatic heterocycles. The van der Waals surface area contributed by atoms with Gasteiger partial charge in [-0.1, -0.05) is 73.2 Å². The third-order valence-corrected chi connectivity index (χ3v) is 2.53. The molecule has 0 saturated heterocycles. The summed E-state index contributed by atoms with van der Waals surface area (Å²) in [5, 5.41) is 0. The molecule has 0 N–H and O–H groups in total. The van der Waals surface area contributed by atoms with Crippen LogP contribution in [-0.2, 0) is 11.8 Å². The van der Waals surface area contributed by atoms with Crippen molar-refractivity contribution in [3.63, 3.8) is 0 Å². The van der Waals surface area contributed by atoms with Crippen LogP contribution < -0.4 is 0 Å². The van der Waals surface area contributed by atoms with Crippen molar-refractivity contribution >= 4 is 0 Å². The molecule has 0 unspecified atom stereocenters. The van der Waals surface area contributed by atoms with E-state index >= 15 is 0 Å². The summed E-state index contributed by atoms with van der Waals surface area (Å²) in [4.78, 5) is 0. The van der Waals surface area contributed by atoms with Gasteiger partial charge in [0, 0.05) is 0 Å². The molecule has 0 aliphatic rings. The van der Waals surface area contributed by atoms with Crippen LogP contribution in [0, 0.1) is 5.41 Å². The molecule has 0 fully saturated rings. The second-order valence-corrected chi connectivity index (χ2v) is 6.69. The lowest BCUT2D eigenvalue weighted by molar-refractivity contribution is 0.410. The van der Waals surface area contributed by atoms with Gasteiger partial charge in [0.1, 0.15) is 0 Å². The molecule has 0 aromatic heterocycles. The normalized spacial score (nSPS) is 12.1. The van der Waals surface area contributed by atoms with Crippen molar-refractivity contribution in [2.75, 3.05) is 0 Å². The first-order chi connectivity index (χ1) is 6.68. The predicted octanol–water partition coefficient (Wildman–Crippen LogP) is 5.21. The summed E-state index contributed by atoms with van der Waals surface area (Å²) in [6.07, 6.45) is 1.15. The zero-order valence-electron chi connectivity index (χ0n) is 11.0. The summed E-state index contributed by atoms with van der Waals surface area (Å²) in [5.74, 6) is 0. The van der Waals surface area contributed by atoms with E-state index in [1.165, 1.54) is 11.1 Å². The Labute approximate surface area is 102 Å². The van der Waals surface area contributed by atoms with E-state index < -0.39 is 0 Å². The first-order valence-corrected chi connectivity index (χ1v) is 5.78. The van der Waals surface area contributed by atoms with Gasteiger partial charge in [0.15, 0.2) is 0 Å². The Bertz CT molecular complexity index is 321. The SMILES string of the molecule is C.CC(C)(C)Cc1cccc(C(C)(C)C)c1. The van der Waals surface area contributed by atoms with Crippen LogP contribution >= 0.6 is 0 Å². The Morgan fingerprint density at radius 2 is 1.50 bits per heavy atom. The second-order valence-electron chi connectivity index (χ2n) is 6.69. The van der Waals surface area contributed by atoms with E-state index in [-0.39, 0.29) is 12.8 Å². The second kappa shape index (κ2) is 5.03. The summed E-state index contributed by atoms with van der Waals surface area (Å²) in [5.41, 5.74) is 3.52. The van der Waals surface area contributed by atoms with Gasteiger partial charge in [-0.25, -0.2) is 0 Å². The van der Waals surface area contributed by atoms with Gasteiger partial charge in [0.2, 0.25) is 0 Å². The molecule has 0 amide bonds. The fourth-order valence-corrected chi connectivity index (χ4v) is 1.76. The summed E-state index contributed by atoms with van der Waals surface area (Å²) in [6.45, 7) is 13.7. The molecule has 0 radical (unpaired) electrons. The standard InChI is InChI=1S/C15H24.CH4/c1-14(2,3)11-12-8-7-9-13(10-12)15(4,5)6;/h7-10H,11H2,1-6H3;1H4. The number of benzene rings is 1. The van der Waals surface area contributed by atoms with E-state index in [4.69, 9.17) is 0 Å². The van der Waals surface area contributed by atoms with Gasteiger partial charge >= 0.3 is 0 Å². The van der Waals surface area contributed by atoms with Crippen molar-refractivity contribution in [3.05, 3.63) is 35.4 Å². The van der Waals surface area contributed by atoms with Crippen LogP contribution in [0.2, 0.25) is 0 Å². The van der Waals surface area contributed by atoms with Gasteiger partial charge in [-0.05, 0) is 28.4 Å². The summed E-state index contributed by atoms with van der Waals surface area (Å²) < 4.78 is 0. The molecule has 16 heavy (non-hydrogen) atoms. The van der Waals surface area contributed by atoms with Gasteiger partial charge in [0.05, 0.1) is 0 Å². The number of hydrogen-bond donors (Lipinski definition) is 0. The molecule has 92 valence electrons. The quantitative estimate of drug-likeness (QED) is 0.609. The van der Waals surface area contributed by atoms with Crippen LogP contribution in [-0.4, -0.2) is 0 Å². The predicted molar refractivity (Wildman–Crippen MR) is 75.0 cm³/mol. The van der Waals surface area contributed by atoms with Gasteiger partial charge in [0.25, 0.3) is 0 Å².